The van der Waals surface area contributed by atoms with Gasteiger partial charge in [-0.1, -0.05) is 0 Å². The van der Waals surface area contributed by atoms with Crippen LogP contribution in [0.4, 0.5) is 10.5 Å². The molecule has 1 aliphatic rings. The molecule has 8 nitrogen and oxygen atoms in total. The van der Waals surface area contributed by atoms with Crippen molar-refractivity contribution in [3.8, 4) is 5.75 Å². The summed E-state index contributed by atoms with van der Waals surface area (Å²) in [6, 6.07) is 5.37. The molecule has 0 spiro atoms. The Balaban J connectivity index is 2.22. The lowest BCUT2D eigenvalue weighted by molar-refractivity contribution is -0.118. The van der Waals surface area contributed by atoms with Crippen LogP contribution in [0.5, 0.6) is 5.75 Å². The minimum atomic E-state index is -4.07. The number of imide groups is 1. The number of carbonyl (C=O) groups excluding carboxylic acids is 2. The second-order valence-corrected chi connectivity index (χ2v) is 6.30. The Morgan fingerprint density at radius 2 is 1.91 bits per heavy atom. The van der Waals surface area contributed by atoms with Crippen molar-refractivity contribution >= 4 is 33.4 Å². The van der Waals surface area contributed by atoms with Crippen molar-refractivity contribution in [3.63, 3.8) is 0 Å². The molecule has 3 amide bonds. The summed E-state index contributed by atoms with van der Waals surface area (Å²) in [4.78, 5) is 26.3. The predicted molar refractivity (Wildman–Crippen MR) is 80.6 cm³/mol. The summed E-state index contributed by atoms with van der Waals surface area (Å²) >= 11 is 0. The molecular formula is C13H15N3O5S. The van der Waals surface area contributed by atoms with Crippen molar-refractivity contribution in [2.24, 2.45) is 4.99 Å². The standard InChI is InChI=1S/C13H15N3O5S/c1-3-21-10-6-4-9(5-7-10)16-22(19,20)11-8(2)14-13(18)15-12(11)17/h4-7,11,16H,3H2,1-2H3,(H,15,17,18). The molecule has 0 saturated heterocycles. The Bertz CT molecular complexity index is 725. The lowest BCUT2D eigenvalue weighted by Crippen LogP contribution is -2.51. The Morgan fingerprint density at radius 1 is 1.27 bits per heavy atom. The number of sulfonamides is 1. The number of anilines is 1. The number of rotatable bonds is 5. The fourth-order valence-corrected chi connectivity index (χ4v) is 3.41. The van der Waals surface area contributed by atoms with Crippen LogP contribution in [-0.2, 0) is 14.8 Å². The topological polar surface area (TPSA) is 114 Å². The first-order valence-corrected chi connectivity index (χ1v) is 8.02. The summed E-state index contributed by atoms with van der Waals surface area (Å²) in [6.07, 6.45) is 0. The average Bonchev–Trinajstić information content (AvgIpc) is 2.39. The lowest BCUT2D eigenvalue weighted by Gasteiger charge is -2.20. The zero-order chi connectivity index (χ0) is 16.3. The average molecular weight is 325 g/mol. The number of hydrogen-bond acceptors (Lipinski definition) is 5. The third-order valence-corrected chi connectivity index (χ3v) is 4.56. The lowest BCUT2D eigenvalue weighted by atomic mass is 10.2. The van der Waals surface area contributed by atoms with E-state index in [4.69, 9.17) is 4.74 Å². The van der Waals surface area contributed by atoms with Crippen molar-refractivity contribution in [1.82, 2.24) is 5.32 Å². The van der Waals surface area contributed by atoms with Gasteiger partial charge >= 0.3 is 6.03 Å². The number of benzene rings is 1. The van der Waals surface area contributed by atoms with E-state index in [2.05, 4.69) is 9.71 Å². The van der Waals surface area contributed by atoms with Gasteiger partial charge in [0.15, 0.2) is 5.25 Å². The van der Waals surface area contributed by atoms with Crippen LogP contribution in [0.2, 0.25) is 0 Å². The molecule has 0 aliphatic carbocycles. The molecule has 1 aliphatic heterocycles. The smallest absolute Gasteiger partial charge is 0.347 e. The fraction of sp³-hybridized carbons (Fsp3) is 0.308. The van der Waals surface area contributed by atoms with Crippen LogP contribution in [0.15, 0.2) is 29.3 Å². The van der Waals surface area contributed by atoms with Crippen LogP contribution >= 0.6 is 0 Å². The van der Waals surface area contributed by atoms with E-state index in [9.17, 15) is 18.0 Å². The highest BCUT2D eigenvalue weighted by atomic mass is 32.2. The highest BCUT2D eigenvalue weighted by Crippen LogP contribution is 2.19. The second kappa shape index (κ2) is 6.14. The van der Waals surface area contributed by atoms with Gasteiger partial charge in [-0.3, -0.25) is 14.8 Å². The molecule has 0 saturated carbocycles. The van der Waals surface area contributed by atoms with Gasteiger partial charge < -0.3 is 4.74 Å². The monoisotopic (exact) mass is 325 g/mol. The molecule has 1 atom stereocenters. The van der Waals surface area contributed by atoms with E-state index >= 15 is 0 Å². The number of aliphatic imine (C=N–C) groups is 1. The third kappa shape index (κ3) is 3.42. The van der Waals surface area contributed by atoms with Crippen LogP contribution < -0.4 is 14.8 Å². The number of carbonyl (C=O) groups is 2. The fourth-order valence-electron chi connectivity index (χ4n) is 1.98. The third-order valence-electron chi connectivity index (χ3n) is 2.86. The first-order chi connectivity index (χ1) is 10.3. The molecule has 0 radical (unpaired) electrons. The quantitative estimate of drug-likeness (QED) is 0.835. The molecule has 1 aromatic rings. The summed E-state index contributed by atoms with van der Waals surface area (Å²) in [5, 5.41) is 0.328. The first-order valence-electron chi connectivity index (χ1n) is 6.48. The van der Waals surface area contributed by atoms with E-state index in [1.807, 2.05) is 12.2 Å². The van der Waals surface area contributed by atoms with Crippen molar-refractivity contribution in [1.29, 1.82) is 0 Å². The maximum Gasteiger partial charge on any atom is 0.347 e. The van der Waals surface area contributed by atoms with Crippen molar-refractivity contribution in [2.45, 2.75) is 19.1 Å². The van der Waals surface area contributed by atoms with Crippen LogP contribution in [0, 0.1) is 0 Å². The molecule has 118 valence electrons. The SMILES string of the molecule is CCOc1ccc(NS(=O)(=O)C2C(=O)NC(=O)N=C2C)cc1. The summed E-state index contributed by atoms with van der Waals surface area (Å²) in [6.45, 7) is 3.65. The molecule has 1 heterocycles. The number of urea groups is 1. The van der Waals surface area contributed by atoms with E-state index in [0.29, 0.717) is 12.4 Å². The Morgan fingerprint density at radius 3 is 2.45 bits per heavy atom. The highest BCUT2D eigenvalue weighted by molar-refractivity contribution is 7.94. The maximum absolute atomic E-state index is 12.3. The minimum absolute atomic E-state index is 0.0767. The van der Waals surface area contributed by atoms with Crippen molar-refractivity contribution in [3.05, 3.63) is 24.3 Å². The zero-order valence-corrected chi connectivity index (χ0v) is 12.8. The maximum atomic E-state index is 12.3. The zero-order valence-electron chi connectivity index (χ0n) is 12.0. The van der Waals surface area contributed by atoms with E-state index < -0.39 is 27.2 Å². The Kier molecular flexibility index (Phi) is 4.45. The number of ether oxygens (including phenoxy) is 1. The van der Waals surface area contributed by atoms with E-state index in [1.54, 1.807) is 12.1 Å². The summed E-state index contributed by atoms with van der Waals surface area (Å²) in [7, 11) is -4.07. The van der Waals surface area contributed by atoms with Crippen molar-refractivity contribution < 1.29 is 22.7 Å². The predicted octanol–water partition coefficient (Wildman–Crippen LogP) is 0.906. The summed E-state index contributed by atoms with van der Waals surface area (Å²) < 4.78 is 32.1. The molecule has 0 bridgehead atoms. The van der Waals surface area contributed by atoms with Gasteiger partial charge in [0.1, 0.15) is 5.75 Å². The molecule has 1 unspecified atom stereocenters. The number of hydrogen-bond donors (Lipinski definition) is 2. The number of nitrogens with zero attached hydrogens (tertiary/aromatic N) is 1. The van der Waals surface area contributed by atoms with Crippen LogP contribution in [0.1, 0.15) is 13.8 Å². The van der Waals surface area contributed by atoms with E-state index in [-0.39, 0.29) is 11.4 Å². The van der Waals surface area contributed by atoms with Gasteiger partial charge in [0.05, 0.1) is 12.3 Å². The second-order valence-electron chi connectivity index (χ2n) is 4.53. The van der Waals surface area contributed by atoms with Crippen LogP contribution in [0.3, 0.4) is 0 Å². The summed E-state index contributed by atoms with van der Waals surface area (Å²) in [5.41, 5.74) is 0.202. The van der Waals surface area contributed by atoms with Gasteiger partial charge in [0.25, 0.3) is 5.91 Å². The van der Waals surface area contributed by atoms with Gasteiger partial charge in [-0.2, -0.15) is 0 Å². The van der Waals surface area contributed by atoms with Gasteiger partial charge in [0, 0.05) is 5.69 Å². The molecule has 2 N–H and O–H groups in total. The normalized spacial score (nSPS) is 18.5. The minimum Gasteiger partial charge on any atom is -0.494 e. The molecule has 9 heteroatoms. The summed E-state index contributed by atoms with van der Waals surface area (Å²) in [5.74, 6) is -0.319. The number of nitrogens with one attached hydrogen (secondary N) is 2. The Hall–Kier alpha value is -2.42. The van der Waals surface area contributed by atoms with Crippen LogP contribution in [-0.4, -0.2) is 37.9 Å². The molecular weight excluding hydrogens is 310 g/mol. The largest absolute Gasteiger partial charge is 0.494 e. The van der Waals surface area contributed by atoms with Gasteiger partial charge in [-0.05, 0) is 38.1 Å². The molecule has 1 aromatic carbocycles. The van der Waals surface area contributed by atoms with Gasteiger partial charge in [-0.25, -0.2) is 18.2 Å². The van der Waals surface area contributed by atoms with E-state index in [0.717, 1.165) is 0 Å². The Labute approximate surface area is 127 Å². The molecule has 0 fully saturated rings. The van der Waals surface area contributed by atoms with E-state index in [1.165, 1.54) is 19.1 Å². The number of amides is 3. The van der Waals surface area contributed by atoms with Gasteiger partial charge in [-0.15, -0.1) is 0 Å². The highest BCUT2D eigenvalue weighted by Gasteiger charge is 2.39. The van der Waals surface area contributed by atoms with Crippen molar-refractivity contribution in [2.75, 3.05) is 11.3 Å². The van der Waals surface area contributed by atoms with Crippen LogP contribution in [0.25, 0.3) is 0 Å². The molecule has 0 aromatic heterocycles. The van der Waals surface area contributed by atoms with Gasteiger partial charge in [0.2, 0.25) is 10.0 Å². The first kappa shape index (κ1) is 16.0. The molecule has 22 heavy (non-hydrogen) atoms. The molecule has 2 rings (SSSR count).